The van der Waals surface area contributed by atoms with Crippen LogP contribution in [0, 0.1) is 11.3 Å². The largest absolute Gasteiger partial charge is 0.497 e. The van der Waals surface area contributed by atoms with Crippen molar-refractivity contribution < 1.29 is 26.3 Å². The number of aromatic nitrogens is 2. The summed E-state index contributed by atoms with van der Waals surface area (Å²) in [6, 6.07) is 14.9. The second-order valence-electron chi connectivity index (χ2n) is 7.82. The number of ether oxygens (including phenoxy) is 1. The number of halogens is 3. The zero-order chi connectivity index (χ0) is 25.9. The maximum absolute atomic E-state index is 13.5. The fourth-order valence-electron chi connectivity index (χ4n) is 3.59. The third-order valence-corrected chi connectivity index (χ3v) is 7.42. The highest BCUT2D eigenvalue weighted by Gasteiger charge is 2.35. The van der Waals surface area contributed by atoms with Crippen LogP contribution >= 0.6 is 0 Å². The van der Waals surface area contributed by atoms with Gasteiger partial charge < -0.3 is 15.0 Å². The molecule has 0 radical (unpaired) electrons. The normalized spacial score (nSPS) is 14.8. The number of anilines is 3. The van der Waals surface area contributed by atoms with Crippen molar-refractivity contribution in [2.75, 3.05) is 43.5 Å². The smallest absolute Gasteiger partial charge is 0.433 e. The minimum atomic E-state index is -4.71. The average molecular weight is 519 g/mol. The first-order valence-electron chi connectivity index (χ1n) is 10.7. The van der Waals surface area contributed by atoms with Crippen LogP contribution in [-0.4, -0.2) is 56.0 Å². The van der Waals surface area contributed by atoms with Gasteiger partial charge in [-0.25, -0.2) is 13.4 Å². The summed E-state index contributed by atoms with van der Waals surface area (Å²) >= 11 is 0. The molecule has 2 heterocycles. The molecule has 2 aromatic carbocycles. The topological polar surface area (TPSA) is 111 Å². The van der Waals surface area contributed by atoms with Crippen LogP contribution in [0.2, 0.25) is 0 Å². The SMILES string of the molecule is COc1ccc(S(=O)(=O)N2CCN(c3nc(Nc4ccc(C#N)cc4)cc(C(F)(F)F)n3)CC2)cc1. The van der Waals surface area contributed by atoms with Crippen LogP contribution < -0.4 is 15.0 Å². The number of hydrogen-bond acceptors (Lipinski definition) is 8. The summed E-state index contributed by atoms with van der Waals surface area (Å²) in [6.45, 7) is 0.304. The van der Waals surface area contributed by atoms with E-state index in [4.69, 9.17) is 10.00 Å². The van der Waals surface area contributed by atoms with Crippen molar-refractivity contribution in [3.05, 3.63) is 65.9 Å². The van der Waals surface area contributed by atoms with E-state index in [0.29, 0.717) is 17.0 Å². The molecular formula is C23H21F3N6O3S. The molecule has 0 amide bonds. The van der Waals surface area contributed by atoms with E-state index in [9.17, 15) is 21.6 Å². The van der Waals surface area contributed by atoms with Crippen molar-refractivity contribution in [2.45, 2.75) is 11.1 Å². The molecule has 4 rings (SSSR count). The summed E-state index contributed by atoms with van der Waals surface area (Å²) in [5.74, 6) is 0.277. The molecule has 1 fully saturated rings. The third kappa shape index (κ3) is 5.50. The number of nitrogens with one attached hydrogen (secondary N) is 1. The Bertz CT molecular complexity index is 1370. The zero-order valence-electron chi connectivity index (χ0n) is 19.0. The van der Waals surface area contributed by atoms with Crippen molar-refractivity contribution in [1.82, 2.24) is 14.3 Å². The van der Waals surface area contributed by atoms with E-state index in [-0.39, 0.29) is 42.8 Å². The van der Waals surface area contributed by atoms with Crippen molar-refractivity contribution in [3.63, 3.8) is 0 Å². The lowest BCUT2D eigenvalue weighted by Gasteiger charge is -2.34. The van der Waals surface area contributed by atoms with Gasteiger partial charge in [0.25, 0.3) is 0 Å². The molecule has 3 aromatic rings. The maximum Gasteiger partial charge on any atom is 0.433 e. The number of sulfonamides is 1. The number of nitriles is 1. The molecule has 9 nitrogen and oxygen atoms in total. The van der Waals surface area contributed by atoms with E-state index in [1.807, 2.05) is 6.07 Å². The molecule has 0 unspecified atom stereocenters. The summed E-state index contributed by atoms with van der Waals surface area (Å²) < 4.78 is 72.9. The average Bonchev–Trinajstić information content (AvgIpc) is 2.88. The van der Waals surface area contributed by atoms with Gasteiger partial charge in [-0.2, -0.15) is 27.7 Å². The Morgan fingerprint density at radius 1 is 1.00 bits per heavy atom. The lowest BCUT2D eigenvalue weighted by atomic mass is 10.2. The molecule has 13 heteroatoms. The van der Waals surface area contributed by atoms with E-state index in [1.165, 1.54) is 40.6 Å². The van der Waals surface area contributed by atoms with Crippen molar-refractivity contribution in [1.29, 1.82) is 5.26 Å². The van der Waals surface area contributed by atoms with Gasteiger partial charge in [0, 0.05) is 37.9 Å². The quantitative estimate of drug-likeness (QED) is 0.527. The predicted molar refractivity (Wildman–Crippen MR) is 125 cm³/mol. The van der Waals surface area contributed by atoms with Gasteiger partial charge in [-0.15, -0.1) is 0 Å². The van der Waals surface area contributed by atoms with Crippen molar-refractivity contribution >= 4 is 27.5 Å². The van der Waals surface area contributed by atoms with Gasteiger partial charge in [0.1, 0.15) is 11.6 Å². The molecule has 1 aliphatic rings. The van der Waals surface area contributed by atoms with Gasteiger partial charge in [0.2, 0.25) is 16.0 Å². The first-order chi connectivity index (χ1) is 17.1. The molecule has 0 aliphatic carbocycles. The van der Waals surface area contributed by atoms with E-state index >= 15 is 0 Å². The van der Waals surface area contributed by atoms with Crippen LogP contribution in [0.5, 0.6) is 5.75 Å². The van der Waals surface area contributed by atoms with Crippen molar-refractivity contribution in [2.24, 2.45) is 0 Å². The number of rotatable bonds is 6. The highest BCUT2D eigenvalue weighted by Crippen LogP contribution is 2.31. The lowest BCUT2D eigenvalue weighted by molar-refractivity contribution is -0.141. The zero-order valence-corrected chi connectivity index (χ0v) is 19.8. The summed E-state index contributed by atoms with van der Waals surface area (Å²) in [4.78, 5) is 9.53. The first kappa shape index (κ1) is 25.2. The number of alkyl halides is 3. The fraction of sp³-hybridized carbons (Fsp3) is 0.261. The summed E-state index contributed by atoms with van der Waals surface area (Å²) in [6.07, 6.45) is -4.71. The molecule has 0 saturated carbocycles. The van der Waals surface area contributed by atoms with Gasteiger partial charge in [-0.1, -0.05) is 0 Å². The standard InChI is InChI=1S/C23H21F3N6O3S/c1-35-18-6-8-19(9-7-18)36(33,34)32-12-10-31(11-13-32)22-29-20(23(24,25)26)14-21(30-22)28-17-4-2-16(15-27)3-5-17/h2-9,14H,10-13H2,1H3,(H,28,29,30). The molecule has 188 valence electrons. The Kier molecular flexibility index (Phi) is 7.00. The molecule has 1 N–H and O–H groups in total. The van der Waals surface area contributed by atoms with Gasteiger partial charge in [-0.05, 0) is 48.5 Å². The summed E-state index contributed by atoms with van der Waals surface area (Å²) in [7, 11) is -2.31. The molecule has 1 aromatic heterocycles. The van der Waals surface area contributed by atoms with Gasteiger partial charge >= 0.3 is 6.18 Å². The number of piperazine rings is 1. The Labute approximate surface area is 205 Å². The molecule has 0 spiro atoms. The molecule has 0 atom stereocenters. The number of nitrogens with zero attached hydrogens (tertiary/aromatic N) is 5. The van der Waals surface area contributed by atoms with E-state index in [2.05, 4.69) is 15.3 Å². The Morgan fingerprint density at radius 2 is 1.64 bits per heavy atom. The molecule has 1 saturated heterocycles. The Balaban J connectivity index is 1.53. The van der Waals surface area contributed by atoms with Gasteiger partial charge in [0.15, 0.2) is 5.69 Å². The van der Waals surface area contributed by atoms with Gasteiger partial charge in [-0.3, -0.25) is 0 Å². The van der Waals surface area contributed by atoms with Crippen LogP contribution in [0.1, 0.15) is 11.3 Å². The Hall–Kier alpha value is -3.89. The predicted octanol–water partition coefficient (Wildman–Crippen LogP) is 3.63. The molecule has 36 heavy (non-hydrogen) atoms. The van der Waals surface area contributed by atoms with Crippen LogP contribution in [0.25, 0.3) is 0 Å². The highest BCUT2D eigenvalue weighted by atomic mass is 32.2. The van der Waals surface area contributed by atoms with E-state index in [1.54, 1.807) is 24.3 Å². The third-order valence-electron chi connectivity index (χ3n) is 5.51. The van der Waals surface area contributed by atoms with Crippen LogP contribution in [0.4, 0.5) is 30.6 Å². The summed E-state index contributed by atoms with van der Waals surface area (Å²) in [5, 5.41) is 11.7. The number of benzene rings is 2. The minimum absolute atomic E-state index is 0.0480. The van der Waals surface area contributed by atoms with E-state index < -0.39 is 21.9 Å². The first-order valence-corrected chi connectivity index (χ1v) is 12.2. The lowest BCUT2D eigenvalue weighted by Crippen LogP contribution is -2.49. The molecular weight excluding hydrogens is 497 g/mol. The molecule has 0 bridgehead atoms. The Morgan fingerprint density at radius 3 is 2.19 bits per heavy atom. The maximum atomic E-state index is 13.5. The van der Waals surface area contributed by atoms with Crippen LogP contribution in [0.3, 0.4) is 0 Å². The van der Waals surface area contributed by atoms with Gasteiger partial charge in [0.05, 0.1) is 23.6 Å². The number of methoxy groups -OCH3 is 1. The second kappa shape index (κ2) is 10.00. The highest BCUT2D eigenvalue weighted by molar-refractivity contribution is 7.89. The van der Waals surface area contributed by atoms with Crippen LogP contribution in [0.15, 0.2) is 59.5 Å². The number of hydrogen-bond donors (Lipinski definition) is 1. The monoisotopic (exact) mass is 518 g/mol. The fourth-order valence-corrected chi connectivity index (χ4v) is 5.01. The van der Waals surface area contributed by atoms with Crippen LogP contribution in [-0.2, 0) is 16.2 Å². The minimum Gasteiger partial charge on any atom is -0.497 e. The summed E-state index contributed by atoms with van der Waals surface area (Å²) in [5.41, 5.74) is -0.276. The second-order valence-corrected chi connectivity index (χ2v) is 9.75. The van der Waals surface area contributed by atoms with E-state index in [0.717, 1.165) is 6.07 Å². The van der Waals surface area contributed by atoms with Crippen molar-refractivity contribution in [3.8, 4) is 11.8 Å². The molecule has 1 aliphatic heterocycles.